The number of ether oxygens (including phenoxy) is 1. The Morgan fingerprint density at radius 2 is 2.08 bits per heavy atom. The van der Waals surface area contributed by atoms with E-state index in [4.69, 9.17) is 4.74 Å². The molecule has 0 radical (unpaired) electrons. The number of amides is 1. The van der Waals surface area contributed by atoms with Crippen LogP contribution in [-0.4, -0.2) is 40.4 Å². The topological polar surface area (TPSA) is 67.3 Å². The van der Waals surface area contributed by atoms with Crippen LogP contribution in [-0.2, 0) is 11.3 Å². The Balaban J connectivity index is 1.57. The van der Waals surface area contributed by atoms with E-state index in [2.05, 4.69) is 20.2 Å². The van der Waals surface area contributed by atoms with Crippen LogP contribution in [0.25, 0.3) is 0 Å². The minimum absolute atomic E-state index is 0.0320. The molecule has 1 atom stereocenters. The molecule has 1 unspecified atom stereocenters. The number of carbonyl (C=O) groups is 1. The van der Waals surface area contributed by atoms with Crippen LogP contribution < -0.4 is 10.1 Å². The van der Waals surface area contributed by atoms with Crippen molar-refractivity contribution in [2.24, 2.45) is 5.92 Å². The maximum absolute atomic E-state index is 12.4. The molecule has 1 aliphatic heterocycles. The highest BCUT2D eigenvalue weighted by molar-refractivity contribution is 5.78. The second-order valence-corrected chi connectivity index (χ2v) is 6.83. The number of pyridine rings is 2. The number of rotatable bonds is 7. The lowest BCUT2D eigenvalue weighted by Crippen LogP contribution is -2.36. The fourth-order valence-corrected chi connectivity index (χ4v) is 3.07. The first-order chi connectivity index (χ1) is 12.6. The number of hydrogen-bond donors (Lipinski definition) is 1. The van der Waals surface area contributed by atoms with Crippen molar-refractivity contribution in [3.63, 3.8) is 0 Å². The standard InChI is InChI=1S/C20H26N4O2/c1-15(14-24-10-3-4-11-24)19(25)23-12-17-6-5-9-21-20(17)26-18-8-7-16(2)22-13-18/h5-9,13,15H,3-4,10-12,14H2,1-2H3,(H,23,25). The van der Waals surface area contributed by atoms with Crippen LogP contribution >= 0.6 is 0 Å². The highest BCUT2D eigenvalue weighted by atomic mass is 16.5. The summed E-state index contributed by atoms with van der Waals surface area (Å²) in [5, 5.41) is 3.01. The lowest BCUT2D eigenvalue weighted by Gasteiger charge is -2.20. The van der Waals surface area contributed by atoms with Gasteiger partial charge >= 0.3 is 0 Å². The van der Waals surface area contributed by atoms with Gasteiger partial charge in [0.25, 0.3) is 0 Å². The van der Waals surface area contributed by atoms with Gasteiger partial charge in [-0.3, -0.25) is 9.78 Å². The van der Waals surface area contributed by atoms with Crippen LogP contribution in [0.3, 0.4) is 0 Å². The molecule has 1 saturated heterocycles. The van der Waals surface area contributed by atoms with Crippen molar-refractivity contribution in [1.82, 2.24) is 20.2 Å². The molecule has 0 spiro atoms. The minimum atomic E-state index is -0.0320. The molecule has 0 saturated carbocycles. The third-order valence-corrected chi connectivity index (χ3v) is 4.58. The van der Waals surface area contributed by atoms with E-state index in [9.17, 15) is 4.79 Å². The van der Waals surface area contributed by atoms with Crippen LogP contribution in [0.2, 0.25) is 0 Å². The van der Waals surface area contributed by atoms with Gasteiger partial charge in [0, 0.05) is 36.5 Å². The van der Waals surface area contributed by atoms with Crippen molar-refractivity contribution in [2.75, 3.05) is 19.6 Å². The molecule has 6 nitrogen and oxygen atoms in total. The summed E-state index contributed by atoms with van der Waals surface area (Å²) in [4.78, 5) is 23.3. The Hall–Kier alpha value is -2.47. The SMILES string of the molecule is Cc1ccc(Oc2ncccc2CNC(=O)C(C)CN2CCCC2)cn1. The van der Waals surface area contributed by atoms with Crippen molar-refractivity contribution in [3.8, 4) is 11.6 Å². The Morgan fingerprint density at radius 1 is 1.27 bits per heavy atom. The number of aryl methyl sites for hydroxylation is 1. The van der Waals surface area contributed by atoms with Gasteiger partial charge in [0.1, 0.15) is 5.75 Å². The zero-order valence-corrected chi connectivity index (χ0v) is 15.4. The number of nitrogens with one attached hydrogen (secondary N) is 1. The van der Waals surface area contributed by atoms with Gasteiger partial charge in [-0.1, -0.05) is 13.0 Å². The first-order valence-electron chi connectivity index (χ1n) is 9.16. The molecule has 2 aromatic heterocycles. The fraction of sp³-hybridized carbons (Fsp3) is 0.450. The van der Waals surface area contributed by atoms with E-state index in [1.165, 1.54) is 12.8 Å². The average Bonchev–Trinajstić information content (AvgIpc) is 3.15. The van der Waals surface area contributed by atoms with E-state index in [-0.39, 0.29) is 11.8 Å². The Kier molecular flexibility index (Phi) is 6.17. The van der Waals surface area contributed by atoms with Gasteiger partial charge in [-0.15, -0.1) is 0 Å². The predicted octanol–water partition coefficient (Wildman–Crippen LogP) is 2.93. The lowest BCUT2D eigenvalue weighted by atomic mass is 10.1. The van der Waals surface area contributed by atoms with E-state index in [0.29, 0.717) is 18.2 Å². The van der Waals surface area contributed by atoms with E-state index >= 15 is 0 Å². The number of carbonyl (C=O) groups excluding carboxylic acids is 1. The Bertz CT molecular complexity index is 727. The van der Waals surface area contributed by atoms with Crippen LogP contribution in [0, 0.1) is 12.8 Å². The summed E-state index contributed by atoms with van der Waals surface area (Å²) in [6, 6.07) is 7.50. The number of hydrogen-bond acceptors (Lipinski definition) is 5. The zero-order chi connectivity index (χ0) is 18.4. The molecule has 0 aromatic carbocycles. The smallest absolute Gasteiger partial charge is 0.224 e. The van der Waals surface area contributed by atoms with Crippen molar-refractivity contribution in [1.29, 1.82) is 0 Å². The molecule has 1 aliphatic rings. The quantitative estimate of drug-likeness (QED) is 0.828. The van der Waals surface area contributed by atoms with Crippen LogP contribution in [0.4, 0.5) is 0 Å². The first kappa shape index (κ1) is 18.3. The normalized spacial score (nSPS) is 15.6. The van der Waals surface area contributed by atoms with Gasteiger partial charge in [-0.05, 0) is 51.1 Å². The monoisotopic (exact) mass is 354 g/mol. The molecule has 6 heteroatoms. The van der Waals surface area contributed by atoms with Crippen molar-refractivity contribution < 1.29 is 9.53 Å². The molecule has 1 amide bonds. The summed E-state index contributed by atoms with van der Waals surface area (Å²) >= 11 is 0. The second kappa shape index (κ2) is 8.76. The van der Waals surface area contributed by atoms with Gasteiger partial charge in [-0.25, -0.2) is 4.98 Å². The minimum Gasteiger partial charge on any atom is -0.437 e. The van der Waals surface area contributed by atoms with Gasteiger partial charge < -0.3 is 15.0 Å². The second-order valence-electron chi connectivity index (χ2n) is 6.83. The lowest BCUT2D eigenvalue weighted by molar-refractivity contribution is -0.125. The first-order valence-corrected chi connectivity index (χ1v) is 9.16. The molecular weight excluding hydrogens is 328 g/mol. The highest BCUT2D eigenvalue weighted by Crippen LogP contribution is 2.22. The third-order valence-electron chi connectivity index (χ3n) is 4.58. The molecule has 0 aliphatic carbocycles. The predicted molar refractivity (Wildman–Crippen MR) is 100.0 cm³/mol. The van der Waals surface area contributed by atoms with Crippen molar-refractivity contribution in [2.45, 2.75) is 33.2 Å². The van der Waals surface area contributed by atoms with Gasteiger partial charge in [0.15, 0.2) is 0 Å². The van der Waals surface area contributed by atoms with Crippen LogP contribution in [0.1, 0.15) is 31.0 Å². The summed E-state index contributed by atoms with van der Waals surface area (Å²) < 4.78 is 5.83. The van der Waals surface area contributed by atoms with Crippen molar-refractivity contribution in [3.05, 3.63) is 47.9 Å². The summed E-state index contributed by atoms with van der Waals surface area (Å²) in [5.41, 5.74) is 1.77. The van der Waals surface area contributed by atoms with Gasteiger partial charge in [0.05, 0.1) is 6.20 Å². The van der Waals surface area contributed by atoms with Gasteiger partial charge in [-0.2, -0.15) is 0 Å². The van der Waals surface area contributed by atoms with E-state index in [0.717, 1.165) is 30.9 Å². The summed E-state index contributed by atoms with van der Waals surface area (Å²) in [5.74, 6) is 1.15. The summed E-state index contributed by atoms with van der Waals surface area (Å²) in [6.45, 7) is 7.32. The molecule has 2 aromatic rings. The molecule has 1 N–H and O–H groups in total. The molecule has 3 rings (SSSR count). The van der Waals surface area contributed by atoms with Gasteiger partial charge in [0.2, 0.25) is 11.8 Å². The Labute approximate surface area is 154 Å². The third kappa shape index (κ3) is 5.02. The average molecular weight is 354 g/mol. The number of likely N-dealkylation sites (tertiary alicyclic amines) is 1. The van der Waals surface area contributed by atoms with E-state index < -0.39 is 0 Å². The number of aromatic nitrogens is 2. The zero-order valence-electron chi connectivity index (χ0n) is 15.4. The fourth-order valence-electron chi connectivity index (χ4n) is 3.07. The maximum atomic E-state index is 12.4. The largest absolute Gasteiger partial charge is 0.437 e. The molecule has 1 fully saturated rings. The molecular formula is C20H26N4O2. The molecule has 0 bridgehead atoms. The Morgan fingerprint density at radius 3 is 2.81 bits per heavy atom. The summed E-state index contributed by atoms with van der Waals surface area (Å²) in [7, 11) is 0. The molecule has 3 heterocycles. The molecule has 138 valence electrons. The summed E-state index contributed by atoms with van der Waals surface area (Å²) in [6.07, 6.45) is 5.82. The van der Waals surface area contributed by atoms with Crippen LogP contribution in [0.5, 0.6) is 11.6 Å². The van der Waals surface area contributed by atoms with Crippen molar-refractivity contribution >= 4 is 5.91 Å². The molecule has 26 heavy (non-hydrogen) atoms. The maximum Gasteiger partial charge on any atom is 0.224 e. The number of nitrogens with zero attached hydrogens (tertiary/aromatic N) is 3. The van der Waals surface area contributed by atoms with E-state index in [1.54, 1.807) is 12.4 Å². The highest BCUT2D eigenvalue weighted by Gasteiger charge is 2.19. The van der Waals surface area contributed by atoms with Crippen LogP contribution in [0.15, 0.2) is 36.7 Å². The van der Waals surface area contributed by atoms with E-state index in [1.807, 2.05) is 38.1 Å².